The normalized spacial score (nSPS) is 24.9. The molecule has 0 bridgehead atoms. The second-order valence-electron chi connectivity index (χ2n) is 9.19. The van der Waals surface area contributed by atoms with E-state index in [1.165, 1.54) is 5.56 Å². The Labute approximate surface area is 179 Å². The smallest absolute Gasteiger partial charge is 0.325 e. The summed E-state index contributed by atoms with van der Waals surface area (Å²) in [5.74, 6) is 1.86. The van der Waals surface area contributed by atoms with Gasteiger partial charge in [0.05, 0.1) is 0 Å². The quantitative estimate of drug-likeness (QED) is 0.809. The number of guanidine groups is 1. The van der Waals surface area contributed by atoms with Gasteiger partial charge in [0.1, 0.15) is 0 Å². The van der Waals surface area contributed by atoms with Crippen molar-refractivity contribution in [2.24, 2.45) is 16.8 Å². The molecule has 7 nitrogen and oxygen atoms in total. The summed E-state index contributed by atoms with van der Waals surface area (Å²) in [4.78, 5) is 35.7. The van der Waals surface area contributed by atoms with E-state index in [2.05, 4.69) is 59.3 Å². The van der Waals surface area contributed by atoms with Crippen molar-refractivity contribution in [1.29, 1.82) is 0 Å². The Morgan fingerprint density at radius 3 is 2.50 bits per heavy atom. The molecule has 0 aliphatic carbocycles. The van der Waals surface area contributed by atoms with Crippen molar-refractivity contribution in [3.05, 3.63) is 35.9 Å². The van der Waals surface area contributed by atoms with Gasteiger partial charge in [0.25, 0.3) is 5.91 Å². The zero-order valence-corrected chi connectivity index (χ0v) is 18.3. The van der Waals surface area contributed by atoms with Gasteiger partial charge in [-0.05, 0) is 43.1 Å². The lowest BCUT2D eigenvalue weighted by molar-refractivity contribution is -0.127. The SMILES string of the molecule is CC(C)CCN1C(N2CCC(Cc3ccccc3)CC2)=NC2C1C(=O)NC(=O)N2C. The summed E-state index contributed by atoms with van der Waals surface area (Å²) < 4.78 is 0. The number of rotatable bonds is 5. The number of likely N-dealkylation sites (tertiary alicyclic amines) is 1. The van der Waals surface area contributed by atoms with Gasteiger partial charge in [-0.25, -0.2) is 9.79 Å². The van der Waals surface area contributed by atoms with Crippen LogP contribution in [0.25, 0.3) is 0 Å². The van der Waals surface area contributed by atoms with E-state index in [0.29, 0.717) is 11.8 Å². The lowest BCUT2D eigenvalue weighted by Crippen LogP contribution is -2.64. The van der Waals surface area contributed by atoms with Gasteiger partial charge in [0.15, 0.2) is 18.2 Å². The molecule has 4 rings (SSSR count). The summed E-state index contributed by atoms with van der Waals surface area (Å²) in [6.45, 7) is 7.03. The van der Waals surface area contributed by atoms with E-state index >= 15 is 0 Å². The minimum atomic E-state index is -0.435. The van der Waals surface area contributed by atoms with Gasteiger partial charge in [-0.3, -0.25) is 10.1 Å². The number of carbonyl (C=O) groups excluding carboxylic acids is 2. The standard InChI is InChI=1S/C23H33N5O2/c1-16(2)9-14-28-19-20(26(3)23(30)25-21(19)29)24-22(28)27-12-10-18(11-13-27)15-17-7-5-4-6-8-17/h4-8,16,18-20H,9-15H2,1-3H3,(H,25,29,30). The van der Waals surface area contributed by atoms with Gasteiger partial charge < -0.3 is 14.7 Å². The molecular formula is C23H33N5O2. The number of fused-ring (bicyclic) bond motifs is 1. The number of likely N-dealkylation sites (N-methyl/N-ethyl adjacent to an activating group) is 1. The van der Waals surface area contributed by atoms with E-state index < -0.39 is 12.2 Å². The van der Waals surface area contributed by atoms with E-state index in [1.54, 1.807) is 11.9 Å². The third-order valence-corrected chi connectivity index (χ3v) is 6.55. The van der Waals surface area contributed by atoms with Crippen molar-refractivity contribution in [2.75, 3.05) is 26.7 Å². The van der Waals surface area contributed by atoms with Crippen molar-refractivity contribution in [3.63, 3.8) is 0 Å². The predicted molar refractivity (Wildman–Crippen MR) is 117 cm³/mol. The van der Waals surface area contributed by atoms with Crippen LogP contribution in [-0.2, 0) is 11.2 Å². The number of carbonyl (C=O) groups is 2. The number of urea groups is 1. The largest absolute Gasteiger partial charge is 0.343 e. The number of piperidine rings is 1. The van der Waals surface area contributed by atoms with Gasteiger partial charge >= 0.3 is 6.03 Å². The highest BCUT2D eigenvalue weighted by Crippen LogP contribution is 2.29. The van der Waals surface area contributed by atoms with Gasteiger partial charge in [-0.1, -0.05) is 44.2 Å². The molecule has 1 aromatic rings. The van der Waals surface area contributed by atoms with Crippen LogP contribution in [0.2, 0.25) is 0 Å². The third kappa shape index (κ3) is 4.16. The summed E-state index contributed by atoms with van der Waals surface area (Å²) in [6.07, 6.45) is 3.89. The van der Waals surface area contributed by atoms with Gasteiger partial charge in [-0.15, -0.1) is 0 Å². The molecule has 3 heterocycles. The lowest BCUT2D eigenvalue weighted by Gasteiger charge is -2.40. The molecule has 1 N–H and O–H groups in total. The Kier molecular flexibility index (Phi) is 5.97. The molecule has 2 atom stereocenters. The number of amides is 3. The highest BCUT2D eigenvalue weighted by molar-refractivity contribution is 6.03. The molecule has 0 aromatic heterocycles. The van der Waals surface area contributed by atoms with Crippen LogP contribution in [0.5, 0.6) is 0 Å². The summed E-state index contributed by atoms with van der Waals surface area (Å²) in [5, 5.41) is 2.49. The molecule has 1 aromatic carbocycles. The molecule has 3 aliphatic rings. The first-order valence-electron chi connectivity index (χ1n) is 11.1. The van der Waals surface area contributed by atoms with Gasteiger partial charge in [0.2, 0.25) is 0 Å². The van der Waals surface area contributed by atoms with Crippen molar-refractivity contribution < 1.29 is 9.59 Å². The van der Waals surface area contributed by atoms with Crippen molar-refractivity contribution >= 4 is 17.9 Å². The minimum Gasteiger partial charge on any atom is -0.343 e. The van der Waals surface area contributed by atoms with Gasteiger partial charge in [-0.2, -0.15) is 0 Å². The molecule has 3 aliphatic heterocycles. The van der Waals surface area contributed by atoms with Crippen LogP contribution in [0.4, 0.5) is 4.79 Å². The Morgan fingerprint density at radius 1 is 1.13 bits per heavy atom. The summed E-state index contributed by atoms with van der Waals surface area (Å²) in [5.41, 5.74) is 1.40. The molecule has 162 valence electrons. The van der Waals surface area contributed by atoms with Crippen LogP contribution < -0.4 is 5.32 Å². The first-order chi connectivity index (χ1) is 14.4. The highest BCUT2D eigenvalue weighted by Gasteiger charge is 2.49. The molecule has 2 fully saturated rings. The maximum atomic E-state index is 12.7. The second-order valence-corrected chi connectivity index (χ2v) is 9.19. The minimum absolute atomic E-state index is 0.232. The van der Waals surface area contributed by atoms with E-state index in [1.807, 2.05) is 0 Å². The van der Waals surface area contributed by atoms with Crippen LogP contribution >= 0.6 is 0 Å². The fraction of sp³-hybridized carbons (Fsp3) is 0.609. The fourth-order valence-electron chi connectivity index (χ4n) is 4.70. The summed E-state index contributed by atoms with van der Waals surface area (Å²) in [7, 11) is 1.72. The fourth-order valence-corrected chi connectivity index (χ4v) is 4.70. The van der Waals surface area contributed by atoms with E-state index in [0.717, 1.165) is 51.3 Å². The van der Waals surface area contributed by atoms with E-state index in [-0.39, 0.29) is 11.9 Å². The van der Waals surface area contributed by atoms with E-state index in [9.17, 15) is 9.59 Å². The summed E-state index contributed by atoms with van der Waals surface area (Å²) >= 11 is 0. The second kappa shape index (κ2) is 8.66. The topological polar surface area (TPSA) is 68.2 Å². The van der Waals surface area contributed by atoms with E-state index in [4.69, 9.17) is 4.99 Å². The first kappa shape index (κ1) is 20.7. The molecule has 3 amide bonds. The highest BCUT2D eigenvalue weighted by atomic mass is 16.2. The lowest BCUT2D eigenvalue weighted by atomic mass is 9.90. The molecule has 7 heteroatoms. The van der Waals surface area contributed by atoms with Crippen LogP contribution in [0, 0.1) is 11.8 Å². The first-order valence-corrected chi connectivity index (χ1v) is 11.1. The number of nitrogens with zero attached hydrogens (tertiary/aromatic N) is 4. The average Bonchev–Trinajstić information content (AvgIpc) is 3.12. The number of nitrogens with one attached hydrogen (secondary N) is 1. The zero-order chi connectivity index (χ0) is 21.3. The number of hydrogen-bond acceptors (Lipinski definition) is 5. The van der Waals surface area contributed by atoms with Crippen LogP contribution in [0.15, 0.2) is 35.3 Å². The molecule has 0 spiro atoms. The summed E-state index contributed by atoms with van der Waals surface area (Å²) in [6, 6.07) is 9.89. The molecule has 0 radical (unpaired) electrons. The Balaban J connectivity index is 1.47. The monoisotopic (exact) mass is 411 g/mol. The van der Waals surface area contributed by atoms with Crippen LogP contribution in [0.3, 0.4) is 0 Å². The Hall–Kier alpha value is -2.57. The number of benzene rings is 1. The van der Waals surface area contributed by atoms with Crippen molar-refractivity contribution in [2.45, 2.75) is 51.7 Å². The average molecular weight is 412 g/mol. The predicted octanol–water partition coefficient (Wildman–Crippen LogP) is 2.54. The zero-order valence-electron chi connectivity index (χ0n) is 18.3. The molecule has 2 saturated heterocycles. The number of aliphatic imine (C=N–C) groups is 1. The Bertz CT molecular complexity index is 801. The maximum Gasteiger partial charge on any atom is 0.325 e. The van der Waals surface area contributed by atoms with Crippen LogP contribution in [-0.4, -0.2) is 71.5 Å². The molecule has 2 unspecified atom stereocenters. The number of imide groups is 1. The third-order valence-electron chi connectivity index (χ3n) is 6.55. The van der Waals surface area contributed by atoms with Crippen molar-refractivity contribution in [1.82, 2.24) is 20.0 Å². The molecular weight excluding hydrogens is 378 g/mol. The Morgan fingerprint density at radius 2 is 1.83 bits per heavy atom. The number of hydrogen-bond donors (Lipinski definition) is 1. The van der Waals surface area contributed by atoms with Gasteiger partial charge in [0, 0.05) is 26.7 Å². The molecule has 30 heavy (non-hydrogen) atoms. The maximum absolute atomic E-state index is 12.7. The van der Waals surface area contributed by atoms with Crippen molar-refractivity contribution in [3.8, 4) is 0 Å². The van der Waals surface area contributed by atoms with Crippen LogP contribution in [0.1, 0.15) is 38.7 Å². The molecule has 0 saturated carbocycles.